The summed E-state index contributed by atoms with van der Waals surface area (Å²) in [5.41, 5.74) is 0.422. The van der Waals surface area contributed by atoms with Crippen molar-refractivity contribution in [3.05, 3.63) is 59.2 Å². The summed E-state index contributed by atoms with van der Waals surface area (Å²) in [6.07, 6.45) is 0.273. The van der Waals surface area contributed by atoms with Gasteiger partial charge in [-0.2, -0.15) is 0 Å². The lowest BCUT2D eigenvalue weighted by Gasteiger charge is -2.43. The molecule has 0 bridgehead atoms. The Hall–Kier alpha value is -3.20. The van der Waals surface area contributed by atoms with Crippen molar-refractivity contribution in [2.75, 3.05) is 26.2 Å². The van der Waals surface area contributed by atoms with Gasteiger partial charge in [0.15, 0.2) is 5.78 Å². The predicted octanol–water partition coefficient (Wildman–Crippen LogP) is 1.73. The topological polar surface area (TPSA) is 101 Å². The first kappa shape index (κ1) is 18.8. The van der Waals surface area contributed by atoms with Gasteiger partial charge in [-0.3, -0.25) is 9.59 Å². The van der Waals surface area contributed by atoms with Crippen LogP contribution in [0.1, 0.15) is 32.7 Å². The molecule has 30 heavy (non-hydrogen) atoms. The summed E-state index contributed by atoms with van der Waals surface area (Å²) < 4.78 is 31.2. The van der Waals surface area contributed by atoms with E-state index in [0.717, 1.165) is 0 Å². The van der Waals surface area contributed by atoms with Crippen molar-refractivity contribution in [3.8, 4) is 0 Å². The lowest BCUT2D eigenvalue weighted by molar-refractivity contribution is 0.00702. The quantitative estimate of drug-likeness (QED) is 0.587. The first-order valence-electron chi connectivity index (χ1n) is 9.63. The maximum atomic E-state index is 13.1. The Morgan fingerprint density at radius 2 is 1.77 bits per heavy atom. The number of ether oxygens (including phenoxy) is 1. The monoisotopic (exact) mass is 426 g/mol. The highest BCUT2D eigenvalue weighted by Crippen LogP contribution is 2.35. The van der Waals surface area contributed by atoms with Gasteiger partial charge in [0, 0.05) is 42.7 Å². The number of nitrogens with zero attached hydrogens (tertiary/aromatic N) is 2. The lowest BCUT2D eigenvalue weighted by atomic mass is 10.0. The Bertz CT molecular complexity index is 1210. The van der Waals surface area contributed by atoms with Crippen molar-refractivity contribution in [3.63, 3.8) is 0 Å². The standard InChI is InChI=1S/C21H18N2O6S/c24-19-15-3-1-2-4-17(15)30(27,28)18-11-13(5-6-16(18)19)20(25)22-8-9-23-14(12-22)7-10-29-21(23)26/h1-6,11,14H,7-10,12H2. The van der Waals surface area contributed by atoms with E-state index in [9.17, 15) is 22.8 Å². The Kier molecular flexibility index (Phi) is 4.18. The second-order valence-electron chi connectivity index (χ2n) is 7.54. The van der Waals surface area contributed by atoms with Gasteiger partial charge in [0.1, 0.15) is 0 Å². The normalized spacial score (nSPS) is 21.9. The number of hydrogen-bond acceptors (Lipinski definition) is 6. The van der Waals surface area contributed by atoms with Crippen LogP contribution in [-0.4, -0.2) is 68.3 Å². The molecular weight excluding hydrogens is 408 g/mol. The van der Waals surface area contributed by atoms with E-state index in [1.54, 1.807) is 21.9 Å². The molecule has 2 amide bonds. The summed E-state index contributed by atoms with van der Waals surface area (Å²) in [5, 5.41) is 0. The fourth-order valence-corrected chi connectivity index (χ4v) is 5.97. The summed E-state index contributed by atoms with van der Waals surface area (Å²) in [6, 6.07) is 10.2. The van der Waals surface area contributed by atoms with E-state index in [4.69, 9.17) is 4.74 Å². The third-order valence-electron chi connectivity index (χ3n) is 5.86. The Labute approximate surface area is 172 Å². The number of carbonyl (C=O) groups excluding carboxylic acids is 3. The highest BCUT2D eigenvalue weighted by molar-refractivity contribution is 7.91. The molecular formula is C21H18N2O6S. The highest BCUT2D eigenvalue weighted by Gasteiger charge is 2.38. The van der Waals surface area contributed by atoms with Gasteiger partial charge in [0.2, 0.25) is 9.84 Å². The Morgan fingerprint density at radius 1 is 1.00 bits per heavy atom. The minimum Gasteiger partial charge on any atom is -0.449 e. The number of piperazine rings is 1. The van der Waals surface area contributed by atoms with E-state index in [-0.39, 0.29) is 50.3 Å². The molecule has 2 saturated heterocycles. The first-order chi connectivity index (χ1) is 14.4. The molecule has 0 aliphatic carbocycles. The van der Waals surface area contributed by atoms with Crippen LogP contribution in [0.3, 0.4) is 0 Å². The molecule has 9 heteroatoms. The summed E-state index contributed by atoms with van der Waals surface area (Å²) in [4.78, 5) is 40.7. The van der Waals surface area contributed by atoms with Crippen molar-refractivity contribution in [1.29, 1.82) is 0 Å². The van der Waals surface area contributed by atoms with Gasteiger partial charge in [-0.05, 0) is 30.3 Å². The van der Waals surface area contributed by atoms with Crippen LogP contribution in [0.4, 0.5) is 4.79 Å². The largest absolute Gasteiger partial charge is 0.449 e. The van der Waals surface area contributed by atoms with Crippen LogP contribution in [0.5, 0.6) is 0 Å². The molecule has 0 N–H and O–H groups in total. The van der Waals surface area contributed by atoms with Crippen molar-refractivity contribution in [1.82, 2.24) is 9.80 Å². The minimum atomic E-state index is -3.91. The number of carbonyl (C=O) groups is 3. The fourth-order valence-electron chi connectivity index (χ4n) is 4.29. The summed E-state index contributed by atoms with van der Waals surface area (Å²) >= 11 is 0. The maximum Gasteiger partial charge on any atom is 0.410 e. The van der Waals surface area contributed by atoms with E-state index in [2.05, 4.69) is 0 Å². The molecule has 5 rings (SSSR count). The number of benzene rings is 2. The number of fused-ring (bicyclic) bond motifs is 3. The van der Waals surface area contributed by atoms with E-state index >= 15 is 0 Å². The number of amides is 2. The SMILES string of the molecule is O=C1c2ccccc2S(=O)(=O)c2cc(C(=O)N3CCN4C(=O)OCCC4C3)ccc21. The molecule has 2 fully saturated rings. The molecule has 3 heterocycles. The van der Waals surface area contributed by atoms with Crippen molar-refractivity contribution in [2.45, 2.75) is 22.3 Å². The Morgan fingerprint density at radius 3 is 2.60 bits per heavy atom. The van der Waals surface area contributed by atoms with Gasteiger partial charge in [-0.25, -0.2) is 13.2 Å². The molecule has 3 aliphatic heterocycles. The van der Waals surface area contributed by atoms with E-state index in [0.29, 0.717) is 32.7 Å². The van der Waals surface area contributed by atoms with E-state index < -0.39 is 9.84 Å². The smallest absolute Gasteiger partial charge is 0.410 e. The van der Waals surface area contributed by atoms with Gasteiger partial charge >= 0.3 is 6.09 Å². The fraction of sp³-hybridized carbons (Fsp3) is 0.286. The highest BCUT2D eigenvalue weighted by atomic mass is 32.2. The zero-order chi connectivity index (χ0) is 21.0. The van der Waals surface area contributed by atoms with Crippen LogP contribution in [0.15, 0.2) is 52.3 Å². The Balaban J connectivity index is 1.48. The molecule has 2 aromatic rings. The second-order valence-corrected chi connectivity index (χ2v) is 9.43. The third-order valence-corrected chi connectivity index (χ3v) is 7.72. The number of sulfone groups is 1. The van der Waals surface area contributed by atoms with Gasteiger partial charge < -0.3 is 14.5 Å². The zero-order valence-corrected chi connectivity index (χ0v) is 16.7. The molecule has 154 valence electrons. The van der Waals surface area contributed by atoms with Crippen LogP contribution in [0.2, 0.25) is 0 Å². The van der Waals surface area contributed by atoms with Gasteiger partial charge in [-0.15, -0.1) is 0 Å². The van der Waals surface area contributed by atoms with Crippen molar-refractivity contribution in [2.24, 2.45) is 0 Å². The molecule has 0 saturated carbocycles. The maximum absolute atomic E-state index is 13.1. The lowest BCUT2D eigenvalue weighted by Crippen LogP contribution is -2.59. The van der Waals surface area contributed by atoms with Crippen LogP contribution in [0.25, 0.3) is 0 Å². The van der Waals surface area contributed by atoms with Gasteiger partial charge in [0.25, 0.3) is 5.91 Å². The zero-order valence-electron chi connectivity index (χ0n) is 15.9. The van der Waals surface area contributed by atoms with Crippen LogP contribution >= 0.6 is 0 Å². The summed E-state index contributed by atoms with van der Waals surface area (Å²) in [6.45, 7) is 1.38. The van der Waals surface area contributed by atoms with Crippen LogP contribution in [-0.2, 0) is 14.6 Å². The minimum absolute atomic E-state index is 0.0403. The number of ketones is 1. The van der Waals surface area contributed by atoms with E-state index in [1.165, 1.54) is 30.3 Å². The van der Waals surface area contributed by atoms with Crippen LogP contribution in [0, 0.1) is 0 Å². The molecule has 3 aliphatic rings. The molecule has 2 aromatic carbocycles. The summed E-state index contributed by atoms with van der Waals surface area (Å²) in [7, 11) is -3.91. The molecule has 8 nitrogen and oxygen atoms in total. The van der Waals surface area contributed by atoms with Crippen molar-refractivity contribution < 1.29 is 27.5 Å². The number of hydrogen-bond donors (Lipinski definition) is 0. The van der Waals surface area contributed by atoms with Crippen molar-refractivity contribution >= 4 is 27.6 Å². The molecule has 0 spiro atoms. The predicted molar refractivity (Wildman–Crippen MR) is 104 cm³/mol. The molecule has 1 unspecified atom stereocenters. The van der Waals surface area contributed by atoms with Crippen LogP contribution < -0.4 is 0 Å². The van der Waals surface area contributed by atoms with Gasteiger partial charge in [-0.1, -0.05) is 12.1 Å². The van der Waals surface area contributed by atoms with Gasteiger partial charge in [0.05, 0.1) is 22.4 Å². The molecule has 1 atom stereocenters. The average molecular weight is 426 g/mol. The summed E-state index contributed by atoms with van der Waals surface area (Å²) in [5.74, 6) is -0.693. The number of cyclic esters (lactones) is 1. The van der Waals surface area contributed by atoms with E-state index in [1.807, 2.05) is 0 Å². The number of rotatable bonds is 1. The first-order valence-corrected chi connectivity index (χ1v) is 11.1. The molecule has 0 radical (unpaired) electrons. The second kappa shape index (κ2) is 6.66. The molecule has 0 aromatic heterocycles. The third kappa shape index (κ3) is 2.72. The average Bonchev–Trinajstić information content (AvgIpc) is 2.77.